The molecule has 0 amide bonds. The number of nitrogens with two attached hydrogens (primary N) is 1. The Labute approximate surface area is 112 Å². The van der Waals surface area contributed by atoms with Crippen molar-refractivity contribution >= 4 is 16.5 Å². The van der Waals surface area contributed by atoms with E-state index in [4.69, 9.17) is 10.5 Å². The first-order valence-corrected chi connectivity index (χ1v) is 6.83. The molecule has 0 radical (unpaired) electrons. The maximum absolute atomic E-state index is 5.70. The molecule has 0 aliphatic carbocycles. The fourth-order valence-electron chi connectivity index (χ4n) is 1.77. The third-order valence-corrected chi connectivity index (χ3v) is 3.42. The minimum Gasteiger partial charge on any atom is -0.491 e. The van der Waals surface area contributed by atoms with E-state index in [1.807, 2.05) is 26.0 Å². The molecule has 1 aromatic carbocycles. The summed E-state index contributed by atoms with van der Waals surface area (Å²) in [6.07, 6.45) is 1.03. The number of rotatable bonds is 4. The van der Waals surface area contributed by atoms with Gasteiger partial charge in [-0.05, 0) is 38.5 Å². The molecule has 96 valence electrons. The van der Waals surface area contributed by atoms with Crippen molar-refractivity contribution in [3.05, 3.63) is 40.4 Å². The standard InChI is InChI=1S/C14H18N2OS/c1-9(2)17-12-6-4-11(5-7-12)8-13-10(3)18-14(15)16-13/h4-7,9H,8H2,1-3H3,(H2,15,16). The summed E-state index contributed by atoms with van der Waals surface area (Å²) < 4.78 is 5.61. The highest BCUT2D eigenvalue weighted by molar-refractivity contribution is 7.15. The first-order valence-electron chi connectivity index (χ1n) is 6.02. The Morgan fingerprint density at radius 3 is 2.44 bits per heavy atom. The second-order valence-electron chi connectivity index (χ2n) is 4.54. The van der Waals surface area contributed by atoms with Crippen molar-refractivity contribution in [2.24, 2.45) is 0 Å². The monoisotopic (exact) mass is 262 g/mol. The Morgan fingerprint density at radius 2 is 1.94 bits per heavy atom. The highest BCUT2D eigenvalue weighted by atomic mass is 32.1. The fourth-order valence-corrected chi connectivity index (χ4v) is 2.47. The number of anilines is 1. The molecule has 0 bridgehead atoms. The van der Waals surface area contributed by atoms with Gasteiger partial charge in [-0.15, -0.1) is 11.3 Å². The third-order valence-electron chi connectivity index (χ3n) is 2.58. The van der Waals surface area contributed by atoms with Gasteiger partial charge in [-0.3, -0.25) is 0 Å². The van der Waals surface area contributed by atoms with Gasteiger partial charge in [0.15, 0.2) is 5.13 Å². The Hall–Kier alpha value is -1.55. The van der Waals surface area contributed by atoms with Crippen molar-refractivity contribution in [3.8, 4) is 5.75 Å². The number of ether oxygens (including phenoxy) is 1. The number of nitrogens with zero attached hydrogens (tertiary/aromatic N) is 1. The first kappa shape index (κ1) is 12.9. The predicted octanol–water partition coefficient (Wildman–Crippen LogP) is 3.41. The van der Waals surface area contributed by atoms with Crippen LogP contribution in [0.3, 0.4) is 0 Å². The van der Waals surface area contributed by atoms with Crippen LogP contribution in [0.1, 0.15) is 30.0 Å². The zero-order valence-electron chi connectivity index (χ0n) is 10.9. The van der Waals surface area contributed by atoms with Gasteiger partial charge in [0.2, 0.25) is 0 Å². The minimum absolute atomic E-state index is 0.205. The molecule has 0 saturated heterocycles. The van der Waals surface area contributed by atoms with Crippen molar-refractivity contribution in [1.29, 1.82) is 0 Å². The normalized spacial score (nSPS) is 10.9. The molecule has 1 heterocycles. The topological polar surface area (TPSA) is 48.1 Å². The summed E-state index contributed by atoms with van der Waals surface area (Å²) in [6.45, 7) is 6.10. The van der Waals surface area contributed by atoms with Gasteiger partial charge in [-0.25, -0.2) is 4.98 Å². The summed E-state index contributed by atoms with van der Waals surface area (Å²) in [5, 5.41) is 0.641. The molecule has 0 fully saturated rings. The Morgan fingerprint density at radius 1 is 1.28 bits per heavy atom. The number of aromatic nitrogens is 1. The van der Waals surface area contributed by atoms with Crippen LogP contribution in [-0.4, -0.2) is 11.1 Å². The molecule has 0 unspecified atom stereocenters. The SMILES string of the molecule is Cc1sc(N)nc1Cc1ccc(OC(C)C)cc1. The largest absolute Gasteiger partial charge is 0.491 e. The van der Waals surface area contributed by atoms with Gasteiger partial charge in [0.05, 0.1) is 11.8 Å². The van der Waals surface area contributed by atoms with Crippen molar-refractivity contribution in [1.82, 2.24) is 4.98 Å². The lowest BCUT2D eigenvalue weighted by Gasteiger charge is -2.09. The zero-order valence-corrected chi connectivity index (χ0v) is 11.8. The van der Waals surface area contributed by atoms with Crippen LogP contribution in [0.4, 0.5) is 5.13 Å². The number of hydrogen-bond acceptors (Lipinski definition) is 4. The van der Waals surface area contributed by atoms with Crippen LogP contribution in [0.2, 0.25) is 0 Å². The third kappa shape index (κ3) is 3.23. The average molecular weight is 262 g/mol. The van der Waals surface area contributed by atoms with Crippen LogP contribution in [0.15, 0.2) is 24.3 Å². The molecule has 0 aliphatic heterocycles. The van der Waals surface area contributed by atoms with Gasteiger partial charge in [0.25, 0.3) is 0 Å². The summed E-state index contributed by atoms with van der Waals surface area (Å²) in [6, 6.07) is 8.15. The van der Waals surface area contributed by atoms with Crippen LogP contribution in [-0.2, 0) is 6.42 Å². The van der Waals surface area contributed by atoms with Crippen molar-refractivity contribution in [2.45, 2.75) is 33.3 Å². The molecule has 4 heteroatoms. The average Bonchev–Trinajstić information content (AvgIpc) is 2.59. The summed E-state index contributed by atoms with van der Waals surface area (Å²) in [4.78, 5) is 5.53. The van der Waals surface area contributed by atoms with Gasteiger partial charge in [0.1, 0.15) is 5.75 Å². The zero-order chi connectivity index (χ0) is 13.1. The predicted molar refractivity (Wildman–Crippen MR) is 76.3 cm³/mol. The molecule has 0 spiro atoms. The van der Waals surface area contributed by atoms with Crippen molar-refractivity contribution in [2.75, 3.05) is 5.73 Å². The first-order chi connectivity index (χ1) is 8.54. The van der Waals surface area contributed by atoms with Gasteiger partial charge in [-0.2, -0.15) is 0 Å². The van der Waals surface area contributed by atoms with Crippen LogP contribution in [0, 0.1) is 6.92 Å². The highest BCUT2D eigenvalue weighted by Crippen LogP contribution is 2.22. The van der Waals surface area contributed by atoms with E-state index in [2.05, 4.69) is 24.0 Å². The van der Waals surface area contributed by atoms with E-state index in [0.717, 1.165) is 17.9 Å². The lowest BCUT2D eigenvalue weighted by molar-refractivity contribution is 0.242. The summed E-state index contributed by atoms with van der Waals surface area (Å²) >= 11 is 1.54. The summed E-state index contributed by atoms with van der Waals surface area (Å²) in [5.74, 6) is 0.906. The fraction of sp³-hybridized carbons (Fsp3) is 0.357. The van der Waals surface area contributed by atoms with Crippen LogP contribution < -0.4 is 10.5 Å². The molecule has 0 saturated carbocycles. The molecule has 1 aromatic heterocycles. The molecule has 18 heavy (non-hydrogen) atoms. The quantitative estimate of drug-likeness (QED) is 0.918. The van der Waals surface area contributed by atoms with Crippen LogP contribution in [0.5, 0.6) is 5.75 Å². The van der Waals surface area contributed by atoms with E-state index in [9.17, 15) is 0 Å². The number of benzene rings is 1. The number of hydrogen-bond donors (Lipinski definition) is 1. The van der Waals surface area contributed by atoms with Gasteiger partial charge in [-0.1, -0.05) is 12.1 Å². The Balaban J connectivity index is 2.08. The molecular weight excluding hydrogens is 244 g/mol. The molecule has 2 aromatic rings. The van der Waals surface area contributed by atoms with E-state index in [1.54, 1.807) is 11.3 Å². The number of thiazole rings is 1. The van der Waals surface area contributed by atoms with Crippen LogP contribution >= 0.6 is 11.3 Å². The molecule has 3 nitrogen and oxygen atoms in total. The lowest BCUT2D eigenvalue weighted by atomic mass is 10.1. The maximum Gasteiger partial charge on any atom is 0.180 e. The van der Waals surface area contributed by atoms with E-state index < -0.39 is 0 Å². The second kappa shape index (κ2) is 5.40. The van der Waals surface area contributed by atoms with E-state index >= 15 is 0 Å². The Bertz CT molecular complexity index is 517. The van der Waals surface area contributed by atoms with E-state index in [-0.39, 0.29) is 6.10 Å². The molecule has 0 atom stereocenters. The second-order valence-corrected chi connectivity index (χ2v) is 5.78. The summed E-state index contributed by atoms with van der Waals surface area (Å²) in [7, 11) is 0. The summed E-state index contributed by atoms with van der Waals surface area (Å²) in [5.41, 5.74) is 7.99. The van der Waals surface area contributed by atoms with E-state index in [0.29, 0.717) is 5.13 Å². The Kier molecular flexibility index (Phi) is 3.87. The molecule has 0 aliphatic rings. The smallest absolute Gasteiger partial charge is 0.180 e. The van der Waals surface area contributed by atoms with Crippen molar-refractivity contribution < 1.29 is 4.74 Å². The lowest BCUT2D eigenvalue weighted by Crippen LogP contribution is -2.05. The molecule has 2 N–H and O–H groups in total. The van der Waals surface area contributed by atoms with Crippen LogP contribution in [0.25, 0.3) is 0 Å². The molecular formula is C14H18N2OS. The van der Waals surface area contributed by atoms with E-state index in [1.165, 1.54) is 10.4 Å². The van der Waals surface area contributed by atoms with Gasteiger partial charge >= 0.3 is 0 Å². The highest BCUT2D eigenvalue weighted by Gasteiger charge is 2.06. The van der Waals surface area contributed by atoms with Gasteiger partial charge in [0, 0.05) is 11.3 Å². The number of aryl methyl sites for hydroxylation is 1. The number of nitrogen functional groups attached to an aromatic ring is 1. The van der Waals surface area contributed by atoms with Gasteiger partial charge < -0.3 is 10.5 Å². The maximum atomic E-state index is 5.70. The molecule has 2 rings (SSSR count). The van der Waals surface area contributed by atoms with Crippen molar-refractivity contribution in [3.63, 3.8) is 0 Å². The minimum atomic E-state index is 0.205.